The predicted octanol–water partition coefficient (Wildman–Crippen LogP) is 4.57. The van der Waals surface area contributed by atoms with Crippen LogP contribution in [0.5, 0.6) is 5.75 Å². The van der Waals surface area contributed by atoms with E-state index in [0.717, 1.165) is 0 Å². The summed E-state index contributed by atoms with van der Waals surface area (Å²) in [6.07, 6.45) is 0. The molecule has 3 aromatic carbocycles. The van der Waals surface area contributed by atoms with Crippen LogP contribution in [-0.2, 0) is 0 Å². The van der Waals surface area contributed by atoms with Crippen molar-refractivity contribution in [2.75, 3.05) is 12.4 Å². The predicted molar refractivity (Wildman–Crippen MR) is 115 cm³/mol. The molecule has 0 aliphatic rings. The first-order chi connectivity index (χ1) is 14.7. The van der Waals surface area contributed by atoms with E-state index in [1.54, 1.807) is 59.2 Å². The number of thioether (sulfide) groups is 1. The third-order valence-corrected chi connectivity index (χ3v) is 5.30. The SMILES string of the molecule is N#Cc1ccc(-n2c(SCCOc3ccc(F)cc3)nc3ccccc3c2=O)cc1. The molecule has 0 radical (unpaired) electrons. The van der Waals surface area contributed by atoms with Gasteiger partial charge in [-0.1, -0.05) is 23.9 Å². The maximum absolute atomic E-state index is 13.2. The molecule has 1 heterocycles. The van der Waals surface area contributed by atoms with Gasteiger partial charge < -0.3 is 4.74 Å². The summed E-state index contributed by atoms with van der Waals surface area (Å²) in [7, 11) is 0. The standard InChI is InChI=1S/C23H16FN3O2S/c24-17-7-11-19(12-8-17)29-13-14-30-23-26-21-4-2-1-3-20(21)22(28)27(23)18-9-5-16(15-25)6-10-18/h1-12H,13-14H2. The number of nitriles is 1. The highest BCUT2D eigenvalue weighted by molar-refractivity contribution is 7.99. The highest BCUT2D eigenvalue weighted by Gasteiger charge is 2.13. The average molecular weight is 417 g/mol. The number of benzene rings is 3. The average Bonchev–Trinajstić information content (AvgIpc) is 2.78. The summed E-state index contributed by atoms with van der Waals surface area (Å²) in [4.78, 5) is 17.8. The topological polar surface area (TPSA) is 67.9 Å². The Morgan fingerprint density at radius 1 is 1.03 bits per heavy atom. The van der Waals surface area contributed by atoms with Gasteiger partial charge in [0.25, 0.3) is 5.56 Å². The van der Waals surface area contributed by atoms with Gasteiger partial charge in [0.05, 0.1) is 34.8 Å². The number of ether oxygens (including phenoxy) is 1. The van der Waals surface area contributed by atoms with Gasteiger partial charge in [-0.3, -0.25) is 9.36 Å². The van der Waals surface area contributed by atoms with Crippen molar-refractivity contribution in [1.82, 2.24) is 9.55 Å². The van der Waals surface area contributed by atoms with Crippen LogP contribution in [0.4, 0.5) is 4.39 Å². The molecule has 0 amide bonds. The molecule has 4 rings (SSSR count). The van der Waals surface area contributed by atoms with Gasteiger partial charge in [-0.25, -0.2) is 9.37 Å². The van der Waals surface area contributed by atoms with E-state index in [2.05, 4.69) is 11.1 Å². The Hall–Kier alpha value is -3.63. The van der Waals surface area contributed by atoms with Crippen LogP contribution in [0.15, 0.2) is 82.7 Å². The lowest BCUT2D eigenvalue weighted by Crippen LogP contribution is -2.22. The number of hydrogen-bond donors (Lipinski definition) is 0. The number of halogens is 1. The molecular weight excluding hydrogens is 401 g/mol. The van der Waals surface area contributed by atoms with Gasteiger partial charge in [-0.2, -0.15) is 5.26 Å². The second kappa shape index (κ2) is 8.80. The minimum atomic E-state index is -0.316. The molecule has 0 unspecified atom stereocenters. The molecule has 0 aliphatic heterocycles. The van der Waals surface area contributed by atoms with Crippen LogP contribution in [0.25, 0.3) is 16.6 Å². The van der Waals surface area contributed by atoms with E-state index in [1.807, 2.05) is 6.07 Å². The van der Waals surface area contributed by atoms with E-state index in [9.17, 15) is 9.18 Å². The molecule has 0 fully saturated rings. The smallest absolute Gasteiger partial charge is 0.266 e. The molecule has 0 aliphatic carbocycles. The molecule has 5 nitrogen and oxygen atoms in total. The molecule has 7 heteroatoms. The zero-order valence-electron chi connectivity index (χ0n) is 15.8. The first kappa shape index (κ1) is 19.7. The zero-order valence-corrected chi connectivity index (χ0v) is 16.6. The molecular formula is C23H16FN3O2S. The van der Waals surface area contributed by atoms with Crippen molar-refractivity contribution >= 4 is 22.7 Å². The van der Waals surface area contributed by atoms with Crippen LogP contribution in [0.3, 0.4) is 0 Å². The van der Waals surface area contributed by atoms with E-state index >= 15 is 0 Å². The largest absolute Gasteiger partial charge is 0.493 e. The summed E-state index contributed by atoms with van der Waals surface area (Å²) < 4.78 is 20.2. The number of fused-ring (bicyclic) bond motifs is 1. The third kappa shape index (κ3) is 4.19. The van der Waals surface area contributed by atoms with Gasteiger partial charge in [-0.05, 0) is 60.7 Å². The first-order valence-electron chi connectivity index (χ1n) is 9.19. The van der Waals surface area contributed by atoms with Crippen molar-refractivity contribution in [2.24, 2.45) is 0 Å². The summed E-state index contributed by atoms with van der Waals surface area (Å²) in [5.41, 5.74) is 1.60. The second-order valence-corrected chi connectivity index (χ2v) is 7.42. The number of rotatable bonds is 6. The normalized spacial score (nSPS) is 10.7. The number of nitrogens with zero attached hydrogens (tertiary/aromatic N) is 3. The molecule has 0 spiro atoms. The van der Waals surface area contributed by atoms with Crippen LogP contribution in [0.2, 0.25) is 0 Å². The summed E-state index contributed by atoms with van der Waals surface area (Å²) in [5.74, 6) is 0.801. The second-order valence-electron chi connectivity index (χ2n) is 6.36. The minimum absolute atomic E-state index is 0.174. The van der Waals surface area contributed by atoms with Crippen molar-refractivity contribution in [3.05, 3.63) is 94.5 Å². The van der Waals surface area contributed by atoms with Crippen LogP contribution in [0.1, 0.15) is 5.56 Å². The fraction of sp³-hybridized carbons (Fsp3) is 0.0870. The minimum Gasteiger partial charge on any atom is -0.493 e. The van der Waals surface area contributed by atoms with Crippen LogP contribution >= 0.6 is 11.8 Å². The van der Waals surface area contributed by atoms with Crippen LogP contribution in [0, 0.1) is 17.1 Å². The van der Waals surface area contributed by atoms with Crippen molar-refractivity contribution in [3.8, 4) is 17.5 Å². The van der Waals surface area contributed by atoms with Crippen molar-refractivity contribution in [1.29, 1.82) is 5.26 Å². The highest BCUT2D eigenvalue weighted by Crippen LogP contribution is 2.22. The molecule has 0 saturated heterocycles. The van der Waals surface area contributed by atoms with E-state index in [-0.39, 0.29) is 11.4 Å². The quantitative estimate of drug-likeness (QED) is 0.261. The van der Waals surface area contributed by atoms with Crippen LogP contribution in [-0.4, -0.2) is 21.9 Å². The first-order valence-corrected chi connectivity index (χ1v) is 10.2. The monoisotopic (exact) mass is 417 g/mol. The van der Waals surface area contributed by atoms with Gasteiger partial charge in [0.2, 0.25) is 0 Å². The van der Waals surface area contributed by atoms with Crippen molar-refractivity contribution < 1.29 is 9.13 Å². The van der Waals surface area contributed by atoms with Gasteiger partial charge in [0.1, 0.15) is 11.6 Å². The summed E-state index contributed by atoms with van der Waals surface area (Å²) in [6.45, 7) is 0.367. The van der Waals surface area contributed by atoms with E-state index in [4.69, 9.17) is 10.00 Å². The lowest BCUT2D eigenvalue weighted by atomic mass is 10.2. The number of aromatic nitrogens is 2. The fourth-order valence-electron chi connectivity index (χ4n) is 2.95. The Kier molecular flexibility index (Phi) is 5.77. The van der Waals surface area contributed by atoms with Gasteiger partial charge in [-0.15, -0.1) is 0 Å². The van der Waals surface area contributed by atoms with E-state index in [0.29, 0.717) is 45.4 Å². The Morgan fingerprint density at radius 2 is 1.77 bits per heavy atom. The Labute approximate surface area is 176 Å². The Balaban J connectivity index is 1.62. The number of para-hydroxylation sites is 1. The molecule has 30 heavy (non-hydrogen) atoms. The molecule has 0 N–H and O–H groups in total. The fourth-order valence-corrected chi connectivity index (χ4v) is 3.77. The summed E-state index contributed by atoms with van der Waals surface area (Å²) in [5, 5.41) is 10.1. The van der Waals surface area contributed by atoms with E-state index < -0.39 is 0 Å². The van der Waals surface area contributed by atoms with Gasteiger partial charge >= 0.3 is 0 Å². The van der Waals surface area contributed by atoms with Gasteiger partial charge in [0.15, 0.2) is 5.16 Å². The van der Waals surface area contributed by atoms with Crippen molar-refractivity contribution in [3.63, 3.8) is 0 Å². The molecule has 148 valence electrons. The third-order valence-electron chi connectivity index (χ3n) is 4.40. The molecule has 0 saturated carbocycles. The molecule has 0 bridgehead atoms. The summed E-state index contributed by atoms with van der Waals surface area (Å²) in [6, 6.07) is 21.9. The maximum Gasteiger partial charge on any atom is 0.266 e. The maximum atomic E-state index is 13.2. The molecule has 1 aromatic heterocycles. The lowest BCUT2D eigenvalue weighted by Gasteiger charge is -2.13. The highest BCUT2D eigenvalue weighted by atomic mass is 32.2. The lowest BCUT2D eigenvalue weighted by molar-refractivity contribution is 0.343. The van der Waals surface area contributed by atoms with Crippen LogP contribution < -0.4 is 10.3 Å². The molecule has 4 aromatic rings. The summed E-state index contributed by atoms with van der Waals surface area (Å²) >= 11 is 1.39. The number of hydrogen-bond acceptors (Lipinski definition) is 5. The zero-order chi connectivity index (χ0) is 20.9. The Bertz CT molecular complexity index is 1280. The van der Waals surface area contributed by atoms with Crippen molar-refractivity contribution in [2.45, 2.75) is 5.16 Å². The Morgan fingerprint density at radius 3 is 2.50 bits per heavy atom. The van der Waals surface area contributed by atoms with Gasteiger partial charge in [0, 0.05) is 5.75 Å². The van der Waals surface area contributed by atoms with E-state index in [1.165, 1.54) is 23.9 Å². The molecule has 0 atom stereocenters.